The Kier molecular flexibility index (Phi) is 5.80. The number of carboxylic acid groups (broad SMARTS) is 1. The fourth-order valence-corrected chi connectivity index (χ4v) is 3.54. The fourth-order valence-electron chi connectivity index (χ4n) is 3.54. The van der Waals surface area contributed by atoms with Crippen molar-refractivity contribution in [1.29, 1.82) is 0 Å². The first kappa shape index (κ1) is 21.1. The predicted octanol–water partition coefficient (Wildman–Crippen LogP) is -0.620. The van der Waals surface area contributed by atoms with E-state index in [1.807, 2.05) is 0 Å². The number of carbonyl (C=O) groups is 1. The van der Waals surface area contributed by atoms with Gasteiger partial charge in [-0.15, -0.1) is 0 Å². The number of aryl methyl sites for hydroxylation is 1. The van der Waals surface area contributed by atoms with Crippen LogP contribution in [-0.2, 0) is 0 Å². The summed E-state index contributed by atoms with van der Waals surface area (Å²) in [6.45, 7) is 1.63. The number of hydrogen-bond acceptors (Lipinski definition) is 4. The number of aromatic nitrogens is 1. The van der Waals surface area contributed by atoms with E-state index in [0.29, 0.717) is 16.6 Å². The van der Waals surface area contributed by atoms with Gasteiger partial charge in [0, 0.05) is 11.8 Å². The van der Waals surface area contributed by atoms with E-state index in [4.69, 9.17) is 5.73 Å². The molecule has 4 rings (SSSR count). The molecular formula is C20H15F2KN2O3. The molecule has 0 spiro atoms. The summed E-state index contributed by atoms with van der Waals surface area (Å²) in [5.74, 6) is -2.93. The minimum Gasteiger partial charge on any atom is -0.545 e. The molecule has 28 heavy (non-hydrogen) atoms. The van der Waals surface area contributed by atoms with Gasteiger partial charge in [0.1, 0.15) is 11.6 Å². The van der Waals surface area contributed by atoms with E-state index in [1.54, 1.807) is 6.92 Å². The second-order valence-corrected chi connectivity index (χ2v) is 6.81. The molecule has 0 radical (unpaired) electrons. The summed E-state index contributed by atoms with van der Waals surface area (Å²) in [5.41, 5.74) is 6.06. The molecule has 1 aliphatic rings. The van der Waals surface area contributed by atoms with E-state index in [1.165, 1.54) is 18.2 Å². The van der Waals surface area contributed by atoms with Gasteiger partial charge in [0.15, 0.2) is 0 Å². The van der Waals surface area contributed by atoms with E-state index >= 15 is 0 Å². The van der Waals surface area contributed by atoms with E-state index in [-0.39, 0.29) is 74.1 Å². The van der Waals surface area contributed by atoms with Crippen molar-refractivity contribution in [2.75, 3.05) is 5.73 Å². The van der Waals surface area contributed by atoms with Crippen molar-refractivity contribution < 1.29 is 70.1 Å². The van der Waals surface area contributed by atoms with E-state index in [9.17, 15) is 23.5 Å². The standard InChI is InChI=1S/C20H16F2N2O3.K/c1-9-17(11-4-5-16(23)14(21)6-11)15(22)8-24-18(9)12(10-2-3-10)7-13(19(24)25)20(26)27;/h4-8,10H,2-3,23H2,1H3,(H,26,27);/q;+1/p-1. The van der Waals surface area contributed by atoms with Gasteiger partial charge in [-0.1, -0.05) is 6.07 Å². The van der Waals surface area contributed by atoms with Gasteiger partial charge in [0.05, 0.1) is 22.7 Å². The molecule has 138 valence electrons. The largest absolute Gasteiger partial charge is 1.00 e. The van der Waals surface area contributed by atoms with Crippen molar-refractivity contribution in [3.8, 4) is 11.1 Å². The number of nitrogens with zero attached hydrogens (tertiary/aromatic N) is 1. The number of anilines is 1. The number of hydrogen-bond donors (Lipinski definition) is 1. The first-order chi connectivity index (χ1) is 12.8. The van der Waals surface area contributed by atoms with E-state index in [0.717, 1.165) is 29.5 Å². The molecule has 2 N–H and O–H groups in total. The summed E-state index contributed by atoms with van der Waals surface area (Å²) >= 11 is 0. The van der Waals surface area contributed by atoms with E-state index < -0.39 is 28.7 Å². The first-order valence-electron chi connectivity index (χ1n) is 8.44. The van der Waals surface area contributed by atoms with Gasteiger partial charge in [0.25, 0.3) is 5.56 Å². The second-order valence-electron chi connectivity index (χ2n) is 6.81. The Labute approximate surface area is 201 Å². The number of benzene rings is 1. The summed E-state index contributed by atoms with van der Waals surface area (Å²) in [5, 5.41) is 11.3. The Morgan fingerprint density at radius 2 is 1.89 bits per heavy atom. The summed E-state index contributed by atoms with van der Waals surface area (Å²) in [4.78, 5) is 23.8. The van der Waals surface area contributed by atoms with Crippen molar-refractivity contribution in [3.63, 3.8) is 0 Å². The molecule has 2 aromatic heterocycles. The monoisotopic (exact) mass is 408 g/mol. The van der Waals surface area contributed by atoms with Gasteiger partial charge >= 0.3 is 51.4 Å². The Morgan fingerprint density at radius 1 is 1.21 bits per heavy atom. The molecule has 0 amide bonds. The number of halogens is 2. The molecule has 5 nitrogen and oxygen atoms in total. The number of fused-ring (bicyclic) bond motifs is 1. The number of carbonyl (C=O) groups excluding carboxylic acids is 1. The number of nitrogen functional groups attached to an aromatic ring is 1. The van der Waals surface area contributed by atoms with E-state index in [2.05, 4.69) is 0 Å². The number of carboxylic acids is 1. The van der Waals surface area contributed by atoms with Gasteiger partial charge in [-0.25, -0.2) is 8.78 Å². The molecule has 8 heteroatoms. The van der Waals surface area contributed by atoms with Gasteiger partial charge in [-0.3, -0.25) is 9.20 Å². The summed E-state index contributed by atoms with van der Waals surface area (Å²) in [6, 6.07) is 5.32. The third kappa shape index (κ3) is 3.44. The summed E-state index contributed by atoms with van der Waals surface area (Å²) < 4.78 is 29.8. The third-order valence-corrected chi connectivity index (χ3v) is 5.00. The van der Waals surface area contributed by atoms with Crippen LogP contribution in [0.2, 0.25) is 0 Å². The normalized spacial score (nSPS) is 13.4. The van der Waals surface area contributed by atoms with Crippen LogP contribution in [0.1, 0.15) is 40.2 Å². The molecule has 0 atom stereocenters. The summed E-state index contributed by atoms with van der Waals surface area (Å²) in [7, 11) is 0. The number of aromatic carboxylic acids is 1. The van der Waals surface area contributed by atoms with Crippen LogP contribution in [0.5, 0.6) is 0 Å². The Hall–Kier alpha value is -1.58. The van der Waals surface area contributed by atoms with Crippen LogP contribution in [0.3, 0.4) is 0 Å². The molecule has 3 aromatic rings. The molecule has 0 aliphatic heterocycles. The van der Waals surface area contributed by atoms with Crippen LogP contribution in [0, 0.1) is 18.6 Å². The van der Waals surface area contributed by atoms with Crippen LogP contribution >= 0.6 is 0 Å². The van der Waals surface area contributed by atoms with Crippen molar-refractivity contribution in [1.82, 2.24) is 4.40 Å². The van der Waals surface area contributed by atoms with Crippen molar-refractivity contribution in [3.05, 3.63) is 69.1 Å². The van der Waals surface area contributed by atoms with Crippen molar-refractivity contribution in [2.45, 2.75) is 25.7 Å². The van der Waals surface area contributed by atoms with Crippen LogP contribution < -0.4 is 67.8 Å². The van der Waals surface area contributed by atoms with Crippen LogP contribution in [0.4, 0.5) is 14.5 Å². The van der Waals surface area contributed by atoms with Gasteiger partial charge in [-0.05, 0) is 60.6 Å². The smallest absolute Gasteiger partial charge is 0.545 e. The topological polar surface area (TPSA) is 87.6 Å². The zero-order valence-electron chi connectivity index (χ0n) is 15.4. The molecule has 1 fully saturated rings. The van der Waals surface area contributed by atoms with Crippen molar-refractivity contribution >= 4 is 17.2 Å². The van der Waals surface area contributed by atoms with Crippen LogP contribution in [-0.4, -0.2) is 10.4 Å². The quantitative estimate of drug-likeness (QED) is 0.462. The van der Waals surface area contributed by atoms with Crippen LogP contribution in [0.25, 0.3) is 16.6 Å². The fraction of sp³-hybridized carbons (Fsp3) is 0.200. The SMILES string of the molecule is Cc1c(-c2ccc(N)c(F)c2)c(F)cn2c(=O)c(C(=O)[O-])cc(C3CC3)c12.[K+]. The number of pyridine rings is 2. The number of rotatable bonds is 3. The number of nitrogens with two attached hydrogens (primary N) is 1. The molecule has 1 saturated carbocycles. The zero-order valence-corrected chi connectivity index (χ0v) is 18.5. The Morgan fingerprint density at radius 3 is 2.46 bits per heavy atom. The maximum atomic E-state index is 14.9. The van der Waals surface area contributed by atoms with Gasteiger partial charge < -0.3 is 15.6 Å². The third-order valence-electron chi connectivity index (χ3n) is 5.00. The predicted molar refractivity (Wildman–Crippen MR) is 94.5 cm³/mol. The molecule has 0 saturated heterocycles. The Bertz CT molecular complexity index is 1190. The van der Waals surface area contributed by atoms with Crippen molar-refractivity contribution in [2.24, 2.45) is 0 Å². The van der Waals surface area contributed by atoms with Gasteiger partial charge in [0.2, 0.25) is 0 Å². The zero-order chi connectivity index (χ0) is 19.5. The Balaban J connectivity index is 0.00000225. The second kappa shape index (κ2) is 7.68. The maximum Gasteiger partial charge on any atom is 1.00 e. The van der Waals surface area contributed by atoms with Crippen LogP contribution in [0.15, 0.2) is 35.3 Å². The average Bonchev–Trinajstić information content (AvgIpc) is 3.43. The maximum absolute atomic E-state index is 14.9. The summed E-state index contributed by atoms with van der Waals surface area (Å²) in [6.07, 6.45) is 2.65. The van der Waals surface area contributed by atoms with Gasteiger partial charge in [-0.2, -0.15) is 0 Å². The molecular weight excluding hydrogens is 393 g/mol. The average molecular weight is 408 g/mol. The molecule has 1 aromatic carbocycles. The molecule has 2 heterocycles. The minimum absolute atomic E-state index is 0. The molecule has 0 unspecified atom stereocenters. The molecule has 0 bridgehead atoms. The minimum atomic E-state index is -1.60. The first-order valence-corrected chi connectivity index (χ1v) is 8.44. The molecule has 1 aliphatic carbocycles.